The summed E-state index contributed by atoms with van der Waals surface area (Å²) in [5.41, 5.74) is 4.50. The van der Waals surface area contributed by atoms with Gasteiger partial charge in [-0.1, -0.05) is 30.3 Å². The number of aryl methyl sites for hydroxylation is 1. The van der Waals surface area contributed by atoms with Gasteiger partial charge in [0.15, 0.2) is 0 Å². The number of hydrogen-bond donors (Lipinski definition) is 0. The number of carbonyl (C=O) groups is 2. The third-order valence-electron chi connectivity index (χ3n) is 7.01. The Morgan fingerprint density at radius 2 is 1.77 bits per heavy atom. The van der Waals surface area contributed by atoms with Crippen molar-refractivity contribution in [1.29, 1.82) is 5.26 Å². The standard InChI is InChI=1S/C32H37N5O3/c1-22-20-36(17-18-37(22)31(39)40-32(3,4)5)21-24-11-13-26(14-12-24)35(6)30(38)27-15-16-29(34-23(27)2)28-10-8-7-9-25(28)19-33/h7-16,22H,17-18,20-21H2,1-6H3/t22-/m0/s1. The molecule has 0 unspecified atom stereocenters. The van der Waals surface area contributed by atoms with E-state index in [9.17, 15) is 14.9 Å². The normalized spacial score (nSPS) is 15.8. The Morgan fingerprint density at radius 3 is 2.40 bits per heavy atom. The van der Waals surface area contributed by atoms with Crippen molar-refractivity contribution < 1.29 is 14.3 Å². The molecule has 8 heteroatoms. The highest BCUT2D eigenvalue weighted by Gasteiger charge is 2.30. The molecule has 0 spiro atoms. The second kappa shape index (κ2) is 11.9. The number of piperazine rings is 1. The number of nitriles is 1. The summed E-state index contributed by atoms with van der Waals surface area (Å²) >= 11 is 0. The first-order valence-corrected chi connectivity index (χ1v) is 13.5. The molecule has 40 heavy (non-hydrogen) atoms. The number of nitrogens with zero attached hydrogens (tertiary/aromatic N) is 5. The van der Waals surface area contributed by atoms with Gasteiger partial charge in [-0.05, 0) is 70.5 Å². The molecule has 1 aliphatic heterocycles. The quantitative estimate of drug-likeness (QED) is 0.416. The van der Waals surface area contributed by atoms with Crippen LogP contribution in [0.25, 0.3) is 11.3 Å². The van der Waals surface area contributed by atoms with Gasteiger partial charge in [-0.15, -0.1) is 0 Å². The van der Waals surface area contributed by atoms with Crippen LogP contribution in [0.1, 0.15) is 54.9 Å². The zero-order chi connectivity index (χ0) is 29.0. The first kappa shape index (κ1) is 28.8. The van der Waals surface area contributed by atoms with Gasteiger partial charge in [0.05, 0.1) is 28.6 Å². The molecule has 1 aliphatic rings. The molecule has 1 saturated heterocycles. The van der Waals surface area contributed by atoms with Crippen molar-refractivity contribution in [2.45, 2.75) is 52.8 Å². The third-order valence-corrected chi connectivity index (χ3v) is 7.01. The largest absolute Gasteiger partial charge is 0.444 e. The summed E-state index contributed by atoms with van der Waals surface area (Å²) in [6.45, 7) is 12.4. The van der Waals surface area contributed by atoms with Crippen LogP contribution in [0.15, 0.2) is 60.7 Å². The van der Waals surface area contributed by atoms with Crippen LogP contribution in [0.3, 0.4) is 0 Å². The van der Waals surface area contributed by atoms with Crippen LogP contribution in [0, 0.1) is 18.3 Å². The lowest BCUT2D eigenvalue weighted by molar-refractivity contribution is 0.000550. The molecule has 0 radical (unpaired) electrons. The Kier molecular flexibility index (Phi) is 8.55. The monoisotopic (exact) mass is 539 g/mol. The predicted octanol–water partition coefficient (Wildman–Crippen LogP) is 5.65. The van der Waals surface area contributed by atoms with Crippen LogP contribution in [-0.2, 0) is 11.3 Å². The average Bonchev–Trinajstić information content (AvgIpc) is 2.91. The van der Waals surface area contributed by atoms with Gasteiger partial charge in [0.1, 0.15) is 5.60 Å². The fraction of sp³-hybridized carbons (Fsp3) is 0.375. The molecular formula is C32H37N5O3. The summed E-state index contributed by atoms with van der Waals surface area (Å²) in [5, 5.41) is 9.42. The summed E-state index contributed by atoms with van der Waals surface area (Å²) in [6.07, 6.45) is -0.260. The average molecular weight is 540 g/mol. The number of anilines is 1. The van der Waals surface area contributed by atoms with E-state index in [1.54, 1.807) is 35.0 Å². The maximum atomic E-state index is 13.3. The first-order chi connectivity index (χ1) is 19.0. The summed E-state index contributed by atoms with van der Waals surface area (Å²) in [4.78, 5) is 36.2. The molecule has 8 nitrogen and oxygen atoms in total. The first-order valence-electron chi connectivity index (χ1n) is 13.5. The van der Waals surface area contributed by atoms with Gasteiger partial charge in [-0.25, -0.2) is 4.79 Å². The van der Waals surface area contributed by atoms with Gasteiger partial charge in [0.25, 0.3) is 5.91 Å². The predicted molar refractivity (Wildman–Crippen MR) is 156 cm³/mol. The van der Waals surface area contributed by atoms with E-state index >= 15 is 0 Å². The molecule has 3 aromatic rings. The van der Waals surface area contributed by atoms with Gasteiger partial charge in [0, 0.05) is 50.5 Å². The van der Waals surface area contributed by atoms with E-state index < -0.39 is 5.60 Å². The zero-order valence-electron chi connectivity index (χ0n) is 24.1. The maximum absolute atomic E-state index is 13.3. The number of pyridine rings is 1. The minimum atomic E-state index is -0.507. The van der Waals surface area contributed by atoms with Crippen molar-refractivity contribution >= 4 is 17.7 Å². The maximum Gasteiger partial charge on any atom is 0.410 e. The zero-order valence-corrected chi connectivity index (χ0v) is 24.1. The number of ether oxygens (including phenoxy) is 1. The van der Waals surface area contributed by atoms with Crippen LogP contribution >= 0.6 is 0 Å². The molecule has 0 N–H and O–H groups in total. The third kappa shape index (κ3) is 6.67. The van der Waals surface area contributed by atoms with Gasteiger partial charge >= 0.3 is 6.09 Å². The topological polar surface area (TPSA) is 89.8 Å². The Hall–Kier alpha value is -4.22. The van der Waals surface area contributed by atoms with E-state index in [4.69, 9.17) is 4.74 Å². The molecular weight excluding hydrogens is 502 g/mol. The van der Waals surface area contributed by atoms with Crippen LogP contribution in [0.4, 0.5) is 10.5 Å². The Morgan fingerprint density at radius 1 is 1.07 bits per heavy atom. The van der Waals surface area contributed by atoms with Crippen molar-refractivity contribution in [2.75, 3.05) is 31.6 Å². The van der Waals surface area contributed by atoms with Crippen LogP contribution in [-0.4, -0.2) is 65.1 Å². The second-order valence-corrected chi connectivity index (χ2v) is 11.3. The van der Waals surface area contributed by atoms with Crippen molar-refractivity contribution in [3.63, 3.8) is 0 Å². The van der Waals surface area contributed by atoms with Gasteiger partial charge < -0.3 is 14.5 Å². The molecule has 1 aromatic heterocycles. The molecule has 0 aliphatic carbocycles. The van der Waals surface area contributed by atoms with Crippen molar-refractivity contribution in [3.8, 4) is 17.3 Å². The number of carbonyl (C=O) groups excluding carboxylic acids is 2. The number of aromatic nitrogens is 1. The summed E-state index contributed by atoms with van der Waals surface area (Å²) < 4.78 is 5.55. The highest BCUT2D eigenvalue weighted by atomic mass is 16.6. The van der Waals surface area contributed by atoms with Gasteiger partial charge in [-0.3, -0.25) is 14.7 Å². The van der Waals surface area contributed by atoms with Crippen LogP contribution in [0.2, 0.25) is 0 Å². The van der Waals surface area contributed by atoms with Gasteiger partial charge in [0.2, 0.25) is 0 Å². The van der Waals surface area contributed by atoms with E-state index in [0.717, 1.165) is 36.4 Å². The summed E-state index contributed by atoms with van der Waals surface area (Å²) in [7, 11) is 1.76. The molecule has 0 bridgehead atoms. The van der Waals surface area contributed by atoms with E-state index in [1.807, 2.05) is 77.1 Å². The Labute approximate surface area is 236 Å². The molecule has 4 rings (SSSR count). The van der Waals surface area contributed by atoms with E-state index in [-0.39, 0.29) is 18.0 Å². The molecule has 208 valence electrons. The van der Waals surface area contributed by atoms with Crippen LogP contribution in [0.5, 0.6) is 0 Å². The fourth-order valence-corrected chi connectivity index (χ4v) is 4.89. The molecule has 2 amide bonds. The molecule has 1 fully saturated rings. The Bertz CT molecular complexity index is 1420. The smallest absolute Gasteiger partial charge is 0.410 e. The van der Waals surface area contributed by atoms with E-state index in [1.165, 1.54) is 0 Å². The molecule has 2 aromatic carbocycles. The van der Waals surface area contributed by atoms with Crippen molar-refractivity contribution in [3.05, 3.63) is 83.0 Å². The minimum absolute atomic E-state index is 0.0586. The lowest BCUT2D eigenvalue weighted by atomic mass is 10.0. The highest BCUT2D eigenvalue weighted by Crippen LogP contribution is 2.25. The summed E-state index contributed by atoms with van der Waals surface area (Å²) in [6, 6.07) is 21.1. The fourth-order valence-electron chi connectivity index (χ4n) is 4.89. The molecule has 0 saturated carbocycles. The summed E-state index contributed by atoms with van der Waals surface area (Å²) in [5.74, 6) is -0.148. The molecule has 1 atom stereocenters. The number of hydrogen-bond acceptors (Lipinski definition) is 6. The van der Waals surface area contributed by atoms with Crippen molar-refractivity contribution in [2.24, 2.45) is 0 Å². The number of amides is 2. The molecule has 2 heterocycles. The number of benzene rings is 2. The number of rotatable bonds is 5. The van der Waals surface area contributed by atoms with Crippen molar-refractivity contribution in [1.82, 2.24) is 14.8 Å². The lowest BCUT2D eigenvalue weighted by Gasteiger charge is -2.40. The Balaban J connectivity index is 1.38. The van der Waals surface area contributed by atoms with E-state index in [2.05, 4.69) is 16.0 Å². The lowest BCUT2D eigenvalue weighted by Crippen LogP contribution is -2.54. The SMILES string of the molecule is Cc1nc(-c2ccccc2C#N)ccc1C(=O)N(C)c1ccc(CN2CCN(C(=O)OC(C)(C)C)[C@@H](C)C2)cc1. The van der Waals surface area contributed by atoms with Crippen LogP contribution < -0.4 is 4.90 Å². The van der Waals surface area contributed by atoms with Gasteiger partial charge in [-0.2, -0.15) is 5.26 Å². The minimum Gasteiger partial charge on any atom is -0.444 e. The second-order valence-electron chi connectivity index (χ2n) is 11.3. The highest BCUT2D eigenvalue weighted by molar-refractivity contribution is 6.06. The van der Waals surface area contributed by atoms with E-state index in [0.29, 0.717) is 29.1 Å².